The van der Waals surface area contributed by atoms with Crippen LogP contribution in [0, 0.1) is 12.1 Å². The average molecular weight is 486 g/mol. The van der Waals surface area contributed by atoms with Crippen LogP contribution in [0.25, 0.3) is 10.9 Å². The van der Waals surface area contributed by atoms with Gasteiger partial charge in [0.05, 0.1) is 10.4 Å². The number of piperazine rings is 1. The van der Waals surface area contributed by atoms with E-state index in [4.69, 9.17) is 0 Å². The van der Waals surface area contributed by atoms with Crippen LogP contribution in [-0.4, -0.2) is 72.3 Å². The second-order valence-corrected chi connectivity index (χ2v) is 9.87. The molecule has 1 aromatic carbocycles. The number of carbonyl (C=O) groups excluding carboxylic acids is 1. The monoisotopic (exact) mass is 485 g/mol. The molecule has 1 atom stereocenters. The molecule has 1 fully saturated rings. The first-order valence-corrected chi connectivity index (χ1v) is 12.3. The van der Waals surface area contributed by atoms with Gasteiger partial charge in [0.2, 0.25) is 0 Å². The lowest BCUT2D eigenvalue weighted by atomic mass is 10.1. The number of amides is 1. The van der Waals surface area contributed by atoms with E-state index in [1.807, 2.05) is 66.5 Å². The lowest BCUT2D eigenvalue weighted by Crippen LogP contribution is -3.00. The number of quaternary nitrogens is 1. The lowest BCUT2D eigenvalue weighted by molar-refractivity contribution is -0.991. The Morgan fingerprint density at radius 1 is 1.21 bits per heavy atom. The van der Waals surface area contributed by atoms with Gasteiger partial charge < -0.3 is 24.5 Å². The number of pyridine rings is 1. The van der Waals surface area contributed by atoms with Crippen molar-refractivity contribution in [1.29, 1.82) is 0 Å². The maximum absolute atomic E-state index is 13.5. The number of thiophene rings is 1. The molecular weight excluding hydrogens is 454 g/mol. The molecule has 34 heavy (non-hydrogen) atoms. The van der Waals surface area contributed by atoms with Crippen LogP contribution in [0.4, 0.5) is 11.4 Å². The van der Waals surface area contributed by atoms with Crippen molar-refractivity contribution < 1.29 is 15.2 Å². The topological polar surface area (TPSA) is 96.5 Å². The van der Waals surface area contributed by atoms with Gasteiger partial charge in [-0.3, -0.25) is 9.59 Å². The Bertz CT molecular complexity index is 1210. The van der Waals surface area contributed by atoms with Crippen molar-refractivity contribution in [1.82, 2.24) is 14.4 Å². The van der Waals surface area contributed by atoms with Crippen LogP contribution in [0.3, 0.4) is 0 Å². The van der Waals surface area contributed by atoms with E-state index in [-0.39, 0.29) is 11.6 Å². The summed E-state index contributed by atoms with van der Waals surface area (Å²) in [7, 11) is 3.94. The van der Waals surface area contributed by atoms with Crippen LogP contribution in [-0.2, 0) is 6.54 Å². The molecule has 0 spiro atoms. The number of carbonyl (C=O) groups is 1. The fourth-order valence-electron chi connectivity index (χ4n) is 4.53. The predicted octanol–water partition coefficient (Wildman–Crippen LogP) is 1.69. The van der Waals surface area contributed by atoms with Crippen LogP contribution >= 0.6 is 11.3 Å². The van der Waals surface area contributed by atoms with Gasteiger partial charge in [-0.05, 0) is 57.6 Å². The molecule has 9 nitrogen and oxygen atoms in total. The fourth-order valence-corrected chi connectivity index (χ4v) is 5.22. The number of aryl methyl sites for hydroxylation is 2. The quantitative estimate of drug-likeness (QED) is 0.495. The first-order chi connectivity index (χ1) is 16.3. The van der Waals surface area contributed by atoms with Gasteiger partial charge in [0, 0.05) is 38.1 Å². The molecule has 10 heteroatoms. The minimum absolute atomic E-state index is 0.00915. The highest BCUT2D eigenvalue weighted by Crippen LogP contribution is 2.32. The second kappa shape index (κ2) is 10.2. The van der Waals surface area contributed by atoms with E-state index in [1.54, 1.807) is 9.47 Å². The molecule has 3 heterocycles. The molecule has 1 unspecified atom stereocenters. The number of aromatic nitrogens is 1. The molecule has 1 amide bonds. The van der Waals surface area contributed by atoms with E-state index < -0.39 is 10.8 Å². The van der Waals surface area contributed by atoms with Gasteiger partial charge in [-0.1, -0.05) is 17.7 Å². The number of nitrogens with one attached hydrogen (secondary N) is 1. The molecule has 3 aromatic rings. The largest absolute Gasteiger partial charge is 0.595 e. The van der Waals surface area contributed by atoms with E-state index >= 15 is 0 Å². The molecule has 2 N–H and O–H groups in total. The summed E-state index contributed by atoms with van der Waals surface area (Å²) in [6.07, 6.45) is 0.734. The van der Waals surface area contributed by atoms with Crippen molar-refractivity contribution in [2.45, 2.75) is 19.9 Å². The van der Waals surface area contributed by atoms with Crippen LogP contribution in [0.5, 0.6) is 0 Å². The number of fused-ring (bicyclic) bond motifs is 1. The van der Waals surface area contributed by atoms with Crippen molar-refractivity contribution in [2.24, 2.45) is 0 Å². The third kappa shape index (κ3) is 4.86. The number of hydrogen-bond donors (Lipinski definition) is 2. The number of rotatable bonds is 7. The van der Waals surface area contributed by atoms with Gasteiger partial charge in [0.25, 0.3) is 11.6 Å². The summed E-state index contributed by atoms with van der Waals surface area (Å²) in [5, 5.41) is 23.9. The van der Waals surface area contributed by atoms with Gasteiger partial charge in [-0.25, -0.2) is 5.21 Å². The zero-order chi connectivity index (χ0) is 24.4. The van der Waals surface area contributed by atoms with E-state index in [2.05, 4.69) is 0 Å². The minimum Gasteiger partial charge on any atom is -0.595 e. The zero-order valence-electron chi connectivity index (χ0n) is 19.8. The number of benzene rings is 1. The van der Waals surface area contributed by atoms with Gasteiger partial charge in [0.15, 0.2) is 0 Å². The molecule has 0 saturated carbocycles. The Hall–Kier alpha value is -2.76. The van der Waals surface area contributed by atoms with E-state index in [1.165, 1.54) is 11.3 Å². The standard InChI is InChI=1S/C24H31N5O4S/c1-17-7-8-19-18(16-17)21(22(29(32)33)24(31)28(19)10-5-9-25(2)3)26-11-13-27(14-12-26)23(30)20-6-4-15-34-20/h4,6-8,15-16,29,32H,5,9-14H2,1-3H3. The summed E-state index contributed by atoms with van der Waals surface area (Å²) in [6.45, 7) is 5.06. The van der Waals surface area contributed by atoms with Crippen molar-refractivity contribution in [3.63, 3.8) is 0 Å². The number of anilines is 1. The minimum atomic E-state index is -1.22. The highest BCUT2D eigenvalue weighted by Gasteiger charge is 2.30. The second-order valence-electron chi connectivity index (χ2n) is 8.92. The van der Waals surface area contributed by atoms with Gasteiger partial charge >= 0.3 is 5.56 Å². The van der Waals surface area contributed by atoms with Crippen LogP contribution in [0.15, 0.2) is 40.5 Å². The van der Waals surface area contributed by atoms with E-state index in [0.29, 0.717) is 43.3 Å². The van der Waals surface area contributed by atoms with Crippen molar-refractivity contribution in [3.05, 3.63) is 61.7 Å². The molecule has 1 aliphatic rings. The van der Waals surface area contributed by atoms with Gasteiger partial charge in [-0.15, -0.1) is 11.3 Å². The Labute approximate surface area is 202 Å². The maximum Gasteiger partial charge on any atom is 0.318 e. The molecule has 1 aliphatic heterocycles. The summed E-state index contributed by atoms with van der Waals surface area (Å²) < 4.78 is 1.60. The fraction of sp³-hybridized carbons (Fsp3) is 0.417. The Morgan fingerprint density at radius 2 is 1.94 bits per heavy atom. The Balaban J connectivity index is 1.72. The van der Waals surface area contributed by atoms with Crippen LogP contribution in [0.2, 0.25) is 0 Å². The van der Waals surface area contributed by atoms with Crippen LogP contribution < -0.4 is 15.7 Å². The molecule has 4 rings (SSSR count). The predicted molar refractivity (Wildman–Crippen MR) is 134 cm³/mol. The van der Waals surface area contributed by atoms with Crippen molar-refractivity contribution in [3.8, 4) is 0 Å². The molecule has 1 saturated heterocycles. The molecule has 2 aromatic heterocycles. The maximum atomic E-state index is 13.5. The van der Waals surface area contributed by atoms with Crippen molar-refractivity contribution >= 4 is 39.5 Å². The van der Waals surface area contributed by atoms with E-state index in [0.717, 1.165) is 29.4 Å². The normalized spacial score (nSPS) is 15.4. The van der Waals surface area contributed by atoms with Crippen molar-refractivity contribution in [2.75, 3.05) is 51.7 Å². The average Bonchev–Trinajstić information content (AvgIpc) is 3.34. The highest BCUT2D eigenvalue weighted by atomic mass is 32.1. The summed E-state index contributed by atoms with van der Waals surface area (Å²) >= 11 is 1.41. The smallest absolute Gasteiger partial charge is 0.318 e. The SMILES string of the molecule is Cc1ccc2c(c1)c(N1CCN(C(=O)c3cccs3)CC1)c([NH+]([O-])O)c(=O)n2CCCN(C)C. The van der Waals surface area contributed by atoms with Crippen LogP contribution in [0.1, 0.15) is 21.7 Å². The summed E-state index contributed by atoms with van der Waals surface area (Å²) in [5.41, 5.74) is 1.53. The molecular formula is C24H31N5O4S. The Morgan fingerprint density at radius 3 is 2.56 bits per heavy atom. The Kier molecular flexibility index (Phi) is 7.34. The summed E-state index contributed by atoms with van der Waals surface area (Å²) in [6, 6.07) is 9.49. The third-order valence-corrected chi connectivity index (χ3v) is 7.07. The summed E-state index contributed by atoms with van der Waals surface area (Å²) in [5.74, 6) is -0.00915. The molecule has 0 aliphatic carbocycles. The van der Waals surface area contributed by atoms with Gasteiger partial charge in [-0.2, -0.15) is 5.23 Å². The lowest BCUT2D eigenvalue weighted by Gasteiger charge is -2.37. The molecule has 0 radical (unpaired) electrons. The third-order valence-electron chi connectivity index (χ3n) is 6.21. The molecule has 0 bridgehead atoms. The number of hydrogen-bond acceptors (Lipinski definition) is 7. The first-order valence-electron chi connectivity index (χ1n) is 11.4. The highest BCUT2D eigenvalue weighted by molar-refractivity contribution is 7.12. The van der Waals surface area contributed by atoms with Gasteiger partial charge in [0.1, 0.15) is 5.69 Å². The summed E-state index contributed by atoms with van der Waals surface area (Å²) in [4.78, 5) is 32.7. The molecule has 182 valence electrons. The zero-order valence-corrected chi connectivity index (χ0v) is 20.6. The van der Waals surface area contributed by atoms with E-state index in [9.17, 15) is 20.0 Å². The first kappa shape index (κ1) is 24.4. The number of nitrogens with zero attached hydrogens (tertiary/aromatic N) is 4.